The third kappa shape index (κ3) is 2.88. The minimum atomic E-state index is 0.538. The van der Waals surface area contributed by atoms with Crippen molar-refractivity contribution in [2.24, 2.45) is 11.0 Å². The smallest absolute Gasteiger partial charge is 0.216 e. The molecule has 4 nitrogen and oxygen atoms in total. The van der Waals surface area contributed by atoms with Gasteiger partial charge in [-0.25, -0.2) is 5.10 Å². The predicted octanol–water partition coefficient (Wildman–Crippen LogP) is 4.02. The molecule has 1 N–H and O–H groups in total. The minimum absolute atomic E-state index is 0.538. The fourth-order valence-electron chi connectivity index (χ4n) is 2.62. The van der Waals surface area contributed by atoms with Crippen LogP contribution in [0.15, 0.2) is 35.4 Å². The summed E-state index contributed by atoms with van der Waals surface area (Å²) in [6.07, 6.45) is 8.46. The second-order valence-corrected chi connectivity index (χ2v) is 5.58. The number of hydrogen-bond acceptors (Lipinski definition) is 3. The highest BCUT2D eigenvalue weighted by atomic mass is 32.1. The fraction of sp³-hybridized carbons (Fsp3) is 0.400. The number of nitrogens with zero attached hydrogens (tertiary/aromatic N) is 3. The van der Waals surface area contributed by atoms with Gasteiger partial charge in [-0.15, -0.1) is 0 Å². The van der Waals surface area contributed by atoms with Gasteiger partial charge in [-0.1, -0.05) is 49.6 Å². The van der Waals surface area contributed by atoms with Crippen LogP contribution in [-0.2, 0) is 0 Å². The topological polar surface area (TPSA) is 46.0 Å². The van der Waals surface area contributed by atoms with Crippen molar-refractivity contribution in [3.8, 4) is 11.4 Å². The number of hydrogen-bond donors (Lipinski definition) is 1. The van der Waals surface area contributed by atoms with Gasteiger partial charge in [0.15, 0.2) is 5.82 Å². The number of nitrogens with one attached hydrogen (secondary N) is 1. The van der Waals surface area contributed by atoms with Crippen molar-refractivity contribution in [3.05, 3.63) is 35.1 Å². The molecule has 0 radical (unpaired) electrons. The molecule has 0 aliphatic heterocycles. The predicted molar refractivity (Wildman–Crippen MR) is 83.3 cm³/mol. The van der Waals surface area contributed by atoms with E-state index in [1.807, 2.05) is 36.5 Å². The van der Waals surface area contributed by atoms with Gasteiger partial charge in [0.2, 0.25) is 4.77 Å². The lowest BCUT2D eigenvalue weighted by Crippen LogP contribution is -2.08. The molecule has 1 aromatic carbocycles. The molecule has 1 aliphatic rings. The summed E-state index contributed by atoms with van der Waals surface area (Å²) in [6.45, 7) is 0. The van der Waals surface area contributed by atoms with Gasteiger partial charge >= 0.3 is 0 Å². The Hall–Kier alpha value is -1.75. The number of H-pyrrole nitrogens is 1. The molecule has 0 atom stereocenters. The monoisotopic (exact) mass is 286 g/mol. The summed E-state index contributed by atoms with van der Waals surface area (Å²) in [5, 5.41) is 11.7. The fourth-order valence-corrected chi connectivity index (χ4v) is 2.80. The molecular formula is C15H18N4S. The molecule has 3 rings (SSSR count). The Morgan fingerprint density at radius 2 is 1.95 bits per heavy atom. The zero-order valence-corrected chi connectivity index (χ0v) is 12.1. The first-order valence-corrected chi connectivity index (χ1v) is 7.53. The van der Waals surface area contributed by atoms with Crippen molar-refractivity contribution >= 4 is 18.4 Å². The van der Waals surface area contributed by atoms with E-state index < -0.39 is 0 Å². The van der Waals surface area contributed by atoms with Gasteiger partial charge in [-0.2, -0.15) is 14.9 Å². The summed E-state index contributed by atoms with van der Waals surface area (Å²) in [5.41, 5.74) is 1.01. The van der Waals surface area contributed by atoms with E-state index in [4.69, 9.17) is 12.2 Å². The number of aromatic amines is 1. The zero-order chi connectivity index (χ0) is 13.8. The number of rotatable bonds is 3. The molecule has 0 saturated heterocycles. The third-order valence-electron chi connectivity index (χ3n) is 3.73. The van der Waals surface area contributed by atoms with E-state index in [-0.39, 0.29) is 0 Å². The van der Waals surface area contributed by atoms with Crippen LogP contribution in [0, 0.1) is 10.7 Å². The molecular weight excluding hydrogens is 268 g/mol. The lowest BCUT2D eigenvalue weighted by Gasteiger charge is -2.16. The van der Waals surface area contributed by atoms with E-state index in [1.165, 1.54) is 32.1 Å². The van der Waals surface area contributed by atoms with Gasteiger partial charge in [-0.05, 0) is 31.0 Å². The van der Waals surface area contributed by atoms with E-state index >= 15 is 0 Å². The largest absolute Gasteiger partial charge is 0.250 e. The summed E-state index contributed by atoms with van der Waals surface area (Å²) < 4.78 is 2.26. The maximum Gasteiger partial charge on any atom is 0.216 e. The van der Waals surface area contributed by atoms with Crippen molar-refractivity contribution < 1.29 is 0 Å². The van der Waals surface area contributed by atoms with Crippen molar-refractivity contribution in [2.45, 2.75) is 32.1 Å². The molecule has 5 heteroatoms. The first-order chi connectivity index (χ1) is 9.84. The average molecular weight is 286 g/mol. The SMILES string of the molecule is S=c1[nH]nc(-c2ccccc2)n1/N=C/C1CCCCC1. The van der Waals surface area contributed by atoms with Crippen LogP contribution in [0.1, 0.15) is 32.1 Å². The standard InChI is InChI=1S/C15H18N4S/c20-15-18-17-14(13-9-5-2-6-10-13)19(15)16-11-12-7-3-1-4-8-12/h2,5-6,9-12H,1,3-4,7-8H2,(H,18,20)/b16-11+. The van der Waals surface area contributed by atoms with Crippen molar-refractivity contribution in [2.75, 3.05) is 0 Å². The second kappa shape index (κ2) is 6.13. The van der Waals surface area contributed by atoms with Crippen molar-refractivity contribution in [1.82, 2.24) is 14.9 Å². The van der Waals surface area contributed by atoms with Crippen molar-refractivity contribution in [1.29, 1.82) is 0 Å². The van der Waals surface area contributed by atoms with E-state index in [9.17, 15) is 0 Å². The second-order valence-electron chi connectivity index (χ2n) is 5.19. The summed E-state index contributed by atoms with van der Waals surface area (Å²) in [6, 6.07) is 9.99. The van der Waals surface area contributed by atoms with E-state index in [0.717, 1.165) is 11.4 Å². The Balaban J connectivity index is 1.88. The van der Waals surface area contributed by atoms with Crippen molar-refractivity contribution in [3.63, 3.8) is 0 Å². The summed E-state index contributed by atoms with van der Waals surface area (Å²) in [7, 11) is 0. The molecule has 0 amide bonds. The van der Waals surface area contributed by atoms with E-state index in [0.29, 0.717) is 10.7 Å². The zero-order valence-electron chi connectivity index (χ0n) is 11.3. The van der Waals surface area contributed by atoms with Crippen LogP contribution in [0.2, 0.25) is 0 Å². The highest BCUT2D eigenvalue weighted by Gasteiger charge is 2.12. The Morgan fingerprint density at radius 1 is 1.20 bits per heavy atom. The van der Waals surface area contributed by atoms with Crippen LogP contribution >= 0.6 is 12.2 Å². The number of benzene rings is 1. The first kappa shape index (κ1) is 13.2. The Kier molecular flexibility index (Phi) is 4.06. The van der Waals surface area contributed by atoms with Gasteiger partial charge in [0.05, 0.1) is 0 Å². The van der Waals surface area contributed by atoms with Crippen LogP contribution in [-0.4, -0.2) is 21.1 Å². The Labute approximate surface area is 123 Å². The van der Waals surface area contributed by atoms with Gasteiger partial charge < -0.3 is 0 Å². The lowest BCUT2D eigenvalue weighted by atomic mass is 9.90. The molecule has 0 bridgehead atoms. The third-order valence-corrected chi connectivity index (χ3v) is 3.99. The highest BCUT2D eigenvalue weighted by Crippen LogP contribution is 2.22. The average Bonchev–Trinajstić information content (AvgIpc) is 2.88. The molecule has 0 spiro atoms. The minimum Gasteiger partial charge on any atom is -0.250 e. The summed E-state index contributed by atoms with van der Waals surface area (Å²) in [5.74, 6) is 1.34. The normalized spacial score (nSPS) is 16.8. The first-order valence-electron chi connectivity index (χ1n) is 7.12. The maximum absolute atomic E-state index is 5.27. The molecule has 0 unspecified atom stereocenters. The summed E-state index contributed by atoms with van der Waals surface area (Å²) >= 11 is 5.27. The maximum atomic E-state index is 5.27. The van der Waals surface area contributed by atoms with Gasteiger partial charge in [0.25, 0.3) is 0 Å². The lowest BCUT2D eigenvalue weighted by molar-refractivity contribution is 0.443. The van der Waals surface area contributed by atoms with E-state index in [2.05, 4.69) is 15.3 Å². The summed E-state index contributed by atoms with van der Waals surface area (Å²) in [4.78, 5) is 0. The van der Waals surface area contributed by atoms with Crippen LogP contribution < -0.4 is 0 Å². The molecule has 1 aromatic heterocycles. The number of aromatic nitrogens is 3. The van der Waals surface area contributed by atoms with Gasteiger partial charge in [-0.3, -0.25) is 0 Å². The molecule has 104 valence electrons. The quantitative estimate of drug-likeness (QED) is 0.684. The molecule has 1 heterocycles. The van der Waals surface area contributed by atoms with Crippen LogP contribution in [0.5, 0.6) is 0 Å². The molecule has 1 aliphatic carbocycles. The molecule has 20 heavy (non-hydrogen) atoms. The Morgan fingerprint density at radius 3 is 2.70 bits per heavy atom. The molecule has 1 fully saturated rings. The van der Waals surface area contributed by atoms with Crippen LogP contribution in [0.4, 0.5) is 0 Å². The molecule has 2 aromatic rings. The highest BCUT2D eigenvalue weighted by molar-refractivity contribution is 7.71. The van der Waals surface area contributed by atoms with Crippen LogP contribution in [0.3, 0.4) is 0 Å². The van der Waals surface area contributed by atoms with Gasteiger partial charge in [0, 0.05) is 11.8 Å². The van der Waals surface area contributed by atoms with Crippen LogP contribution in [0.25, 0.3) is 11.4 Å². The van der Waals surface area contributed by atoms with E-state index in [1.54, 1.807) is 4.68 Å². The molecule has 1 saturated carbocycles. The Bertz CT molecular complexity index is 635. The van der Waals surface area contributed by atoms with Gasteiger partial charge in [0.1, 0.15) is 0 Å².